The van der Waals surface area contributed by atoms with Gasteiger partial charge in [-0.3, -0.25) is 14.2 Å². The molecule has 3 rings (SSSR count). The molecule has 0 saturated carbocycles. The van der Waals surface area contributed by atoms with Crippen molar-refractivity contribution in [3.8, 4) is 11.4 Å². The Morgan fingerprint density at radius 3 is 2.85 bits per heavy atom. The van der Waals surface area contributed by atoms with Crippen molar-refractivity contribution >= 4 is 17.5 Å². The number of halogens is 1. The summed E-state index contributed by atoms with van der Waals surface area (Å²) in [6.07, 6.45) is 4.14. The molecular formula is C20H24ClN3O2. The molecule has 6 heteroatoms. The molecule has 138 valence electrons. The molecule has 1 aromatic heterocycles. The van der Waals surface area contributed by atoms with Crippen LogP contribution in [0.2, 0.25) is 5.02 Å². The minimum atomic E-state index is -0.217. The molecule has 1 fully saturated rings. The third-order valence-corrected chi connectivity index (χ3v) is 5.17. The first kappa shape index (κ1) is 18.6. The van der Waals surface area contributed by atoms with E-state index in [9.17, 15) is 9.59 Å². The number of rotatable bonds is 4. The molecule has 2 aromatic rings. The van der Waals surface area contributed by atoms with Gasteiger partial charge in [0.25, 0.3) is 5.56 Å². The topological polar surface area (TPSA) is 55.2 Å². The first-order valence-electron chi connectivity index (χ1n) is 9.13. The monoisotopic (exact) mass is 373 g/mol. The molecule has 1 atom stereocenters. The van der Waals surface area contributed by atoms with Crippen molar-refractivity contribution in [2.75, 3.05) is 6.54 Å². The number of benzene rings is 1. The molecule has 0 bridgehead atoms. The zero-order valence-electron chi connectivity index (χ0n) is 15.2. The Labute approximate surface area is 158 Å². The highest BCUT2D eigenvalue weighted by atomic mass is 35.5. The molecule has 2 heterocycles. The van der Waals surface area contributed by atoms with E-state index in [0.717, 1.165) is 37.8 Å². The normalized spacial score (nSPS) is 17.3. The van der Waals surface area contributed by atoms with Crippen molar-refractivity contribution in [2.45, 2.75) is 52.1 Å². The highest BCUT2D eigenvalue weighted by Crippen LogP contribution is 2.22. The van der Waals surface area contributed by atoms with Crippen LogP contribution in [0.25, 0.3) is 11.4 Å². The van der Waals surface area contributed by atoms with Gasteiger partial charge in [0.2, 0.25) is 5.91 Å². The summed E-state index contributed by atoms with van der Waals surface area (Å²) in [5.41, 5.74) is 1.14. The average Bonchev–Trinajstić information content (AvgIpc) is 2.63. The van der Waals surface area contributed by atoms with E-state index in [-0.39, 0.29) is 24.1 Å². The zero-order chi connectivity index (χ0) is 18.7. The predicted octanol–water partition coefficient (Wildman–Crippen LogP) is 3.66. The summed E-state index contributed by atoms with van der Waals surface area (Å²) < 4.78 is 1.46. The summed E-state index contributed by atoms with van der Waals surface area (Å²) in [6.45, 7) is 4.65. The molecule has 5 nitrogen and oxygen atoms in total. The Hall–Kier alpha value is -2.14. The van der Waals surface area contributed by atoms with Gasteiger partial charge >= 0.3 is 0 Å². The van der Waals surface area contributed by atoms with Gasteiger partial charge in [0.1, 0.15) is 12.4 Å². The molecule has 1 aromatic carbocycles. The Bertz CT molecular complexity index is 862. The third kappa shape index (κ3) is 3.98. The summed E-state index contributed by atoms with van der Waals surface area (Å²) in [4.78, 5) is 32.0. The Morgan fingerprint density at radius 2 is 2.12 bits per heavy atom. The van der Waals surface area contributed by atoms with E-state index in [2.05, 4.69) is 11.9 Å². The fourth-order valence-electron chi connectivity index (χ4n) is 3.60. The highest BCUT2D eigenvalue weighted by Gasteiger charge is 2.26. The fourth-order valence-corrected chi connectivity index (χ4v) is 3.79. The second kappa shape index (κ2) is 8.04. The number of nitrogens with zero attached hydrogens (tertiary/aromatic N) is 3. The molecular weight excluding hydrogens is 350 g/mol. The van der Waals surface area contributed by atoms with E-state index in [0.29, 0.717) is 16.5 Å². The van der Waals surface area contributed by atoms with Crippen molar-refractivity contribution in [1.29, 1.82) is 0 Å². The summed E-state index contributed by atoms with van der Waals surface area (Å²) >= 11 is 6.10. The van der Waals surface area contributed by atoms with Gasteiger partial charge in [-0.15, -0.1) is 0 Å². The van der Waals surface area contributed by atoms with Gasteiger partial charge in [0.15, 0.2) is 0 Å². The van der Waals surface area contributed by atoms with Crippen LogP contribution < -0.4 is 5.56 Å². The molecule has 26 heavy (non-hydrogen) atoms. The number of likely N-dealkylation sites (tertiary alicyclic amines) is 1. The largest absolute Gasteiger partial charge is 0.338 e. The van der Waals surface area contributed by atoms with Crippen LogP contribution in [0.4, 0.5) is 0 Å². The van der Waals surface area contributed by atoms with E-state index in [1.807, 2.05) is 17.0 Å². The third-order valence-electron chi connectivity index (χ3n) is 4.93. The van der Waals surface area contributed by atoms with Gasteiger partial charge in [0, 0.05) is 34.9 Å². The Morgan fingerprint density at radius 1 is 1.31 bits per heavy atom. The van der Waals surface area contributed by atoms with Gasteiger partial charge in [-0.2, -0.15) is 0 Å². The number of aryl methyl sites for hydroxylation is 1. The second-order valence-corrected chi connectivity index (χ2v) is 7.24. The lowest BCUT2D eigenvalue weighted by molar-refractivity contribution is -0.135. The molecule has 0 spiro atoms. The number of carbonyl (C=O) groups is 1. The average molecular weight is 374 g/mol. The Kier molecular flexibility index (Phi) is 5.77. The highest BCUT2D eigenvalue weighted by molar-refractivity contribution is 6.30. The fraction of sp³-hybridized carbons (Fsp3) is 0.450. The number of aromatic nitrogens is 2. The van der Waals surface area contributed by atoms with Crippen LogP contribution in [0.5, 0.6) is 0 Å². The number of carbonyl (C=O) groups excluding carboxylic acids is 1. The van der Waals surface area contributed by atoms with Crippen molar-refractivity contribution < 1.29 is 4.79 Å². The van der Waals surface area contributed by atoms with Crippen LogP contribution >= 0.6 is 11.6 Å². The van der Waals surface area contributed by atoms with Crippen LogP contribution in [-0.2, 0) is 11.3 Å². The Balaban J connectivity index is 1.97. The standard InChI is InChI=1S/C20H24ClN3O2/c1-3-17-9-4-5-10-23(17)19(26)13-24-18(25)11-14(2)22-20(24)15-7-6-8-16(21)12-15/h6-8,11-12,17H,3-5,9-10,13H2,1-2H3/t17-/m1/s1. The molecule has 0 unspecified atom stereocenters. The molecule has 0 radical (unpaired) electrons. The second-order valence-electron chi connectivity index (χ2n) is 6.80. The van der Waals surface area contributed by atoms with Gasteiger partial charge in [0.05, 0.1) is 0 Å². The first-order valence-corrected chi connectivity index (χ1v) is 9.51. The minimum Gasteiger partial charge on any atom is -0.338 e. The number of amides is 1. The van der Waals surface area contributed by atoms with Crippen LogP contribution in [0.3, 0.4) is 0 Å². The van der Waals surface area contributed by atoms with Crippen molar-refractivity contribution in [3.05, 3.63) is 51.4 Å². The van der Waals surface area contributed by atoms with Crippen LogP contribution in [0, 0.1) is 6.92 Å². The lowest BCUT2D eigenvalue weighted by Crippen LogP contribution is -2.46. The first-order chi connectivity index (χ1) is 12.5. The predicted molar refractivity (Wildman–Crippen MR) is 103 cm³/mol. The van der Waals surface area contributed by atoms with E-state index in [4.69, 9.17) is 11.6 Å². The van der Waals surface area contributed by atoms with Crippen molar-refractivity contribution in [3.63, 3.8) is 0 Å². The van der Waals surface area contributed by atoms with Crippen LogP contribution in [0.15, 0.2) is 35.1 Å². The van der Waals surface area contributed by atoms with Crippen LogP contribution in [-0.4, -0.2) is 32.9 Å². The molecule has 1 aliphatic heterocycles. The molecule has 1 saturated heterocycles. The zero-order valence-corrected chi connectivity index (χ0v) is 16.0. The van der Waals surface area contributed by atoms with E-state index in [1.54, 1.807) is 19.1 Å². The minimum absolute atomic E-state index is 0.00442. The quantitative estimate of drug-likeness (QED) is 0.821. The van der Waals surface area contributed by atoms with Gasteiger partial charge in [-0.1, -0.05) is 30.7 Å². The molecule has 1 aliphatic rings. The van der Waals surface area contributed by atoms with Gasteiger partial charge in [-0.25, -0.2) is 4.98 Å². The van der Waals surface area contributed by atoms with E-state index in [1.165, 1.54) is 10.6 Å². The number of hydrogen-bond donors (Lipinski definition) is 0. The molecule has 0 N–H and O–H groups in total. The summed E-state index contributed by atoms with van der Waals surface area (Å²) in [7, 11) is 0. The van der Waals surface area contributed by atoms with Gasteiger partial charge < -0.3 is 4.90 Å². The number of piperidine rings is 1. The smallest absolute Gasteiger partial charge is 0.254 e. The van der Waals surface area contributed by atoms with E-state index < -0.39 is 0 Å². The molecule has 1 amide bonds. The summed E-state index contributed by atoms with van der Waals surface area (Å²) in [5.74, 6) is 0.462. The maximum Gasteiger partial charge on any atom is 0.254 e. The maximum absolute atomic E-state index is 12.9. The summed E-state index contributed by atoms with van der Waals surface area (Å²) in [6, 6.07) is 8.93. The SMILES string of the molecule is CC[C@@H]1CCCCN1C(=O)Cn1c(-c2cccc(Cl)c2)nc(C)cc1=O. The summed E-state index contributed by atoms with van der Waals surface area (Å²) in [5, 5.41) is 0.568. The maximum atomic E-state index is 12.9. The van der Waals surface area contributed by atoms with Gasteiger partial charge in [-0.05, 0) is 44.7 Å². The van der Waals surface area contributed by atoms with E-state index >= 15 is 0 Å². The molecule has 0 aliphatic carbocycles. The van der Waals surface area contributed by atoms with Crippen molar-refractivity contribution in [1.82, 2.24) is 14.5 Å². The van der Waals surface area contributed by atoms with Crippen molar-refractivity contribution in [2.24, 2.45) is 0 Å². The van der Waals surface area contributed by atoms with Crippen LogP contribution in [0.1, 0.15) is 38.3 Å². The lowest BCUT2D eigenvalue weighted by Gasteiger charge is -2.35. The lowest BCUT2D eigenvalue weighted by atomic mass is 10.00. The number of hydrogen-bond acceptors (Lipinski definition) is 3.